The fourth-order valence-electron chi connectivity index (χ4n) is 3.88. The van der Waals surface area contributed by atoms with Crippen LogP contribution >= 0.6 is 23.1 Å². The molecule has 0 fully saturated rings. The van der Waals surface area contributed by atoms with Crippen molar-refractivity contribution < 1.29 is 9.59 Å². The Bertz CT molecular complexity index is 1530. The molecule has 0 aliphatic carbocycles. The predicted octanol–water partition coefficient (Wildman–Crippen LogP) is 7.26. The smallest absolute Gasteiger partial charge is 0.239 e. The van der Waals surface area contributed by atoms with Crippen molar-refractivity contribution in [3.63, 3.8) is 0 Å². The van der Waals surface area contributed by atoms with Gasteiger partial charge in [-0.15, -0.1) is 23.1 Å². The highest BCUT2D eigenvalue weighted by Gasteiger charge is 2.17. The third-order valence-electron chi connectivity index (χ3n) is 5.81. The van der Waals surface area contributed by atoms with Gasteiger partial charge in [-0.3, -0.25) is 9.59 Å². The molecule has 2 N–H and O–H groups in total. The van der Waals surface area contributed by atoms with E-state index >= 15 is 0 Å². The Morgan fingerprint density at radius 1 is 0.865 bits per heavy atom. The van der Waals surface area contributed by atoms with Gasteiger partial charge < -0.3 is 10.6 Å². The monoisotopic (exact) mass is 523 g/mol. The fourth-order valence-corrected chi connectivity index (χ4v) is 5.47. The zero-order valence-electron chi connectivity index (χ0n) is 20.2. The van der Waals surface area contributed by atoms with E-state index in [0.717, 1.165) is 32.8 Å². The highest BCUT2D eigenvalue weighted by molar-refractivity contribution is 8.00. The summed E-state index contributed by atoms with van der Waals surface area (Å²) in [6.07, 6.45) is 0.327. The number of aromatic nitrogens is 1. The maximum absolute atomic E-state index is 12.8. The van der Waals surface area contributed by atoms with Crippen molar-refractivity contribution in [1.29, 1.82) is 0 Å². The summed E-state index contributed by atoms with van der Waals surface area (Å²) < 4.78 is 0. The molecular weight excluding hydrogens is 498 g/mol. The second-order valence-electron chi connectivity index (χ2n) is 8.58. The number of thioether (sulfide) groups is 1. The molecule has 1 aromatic heterocycles. The lowest BCUT2D eigenvalue weighted by atomic mass is 10.1. The van der Waals surface area contributed by atoms with Crippen LogP contribution in [0.5, 0.6) is 0 Å². The maximum atomic E-state index is 12.8. The predicted molar refractivity (Wildman–Crippen MR) is 154 cm³/mol. The Morgan fingerprint density at radius 3 is 2.38 bits per heavy atom. The first kappa shape index (κ1) is 24.7. The molecular formula is C30H25N3O2S2. The van der Waals surface area contributed by atoms with E-state index in [4.69, 9.17) is 0 Å². The highest BCUT2D eigenvalue weighted by Crippen LogP contribution is 2.29. The summed E-state index contributed by atoms with van der Waals surface area (Å²) in [4.78, 5) is 30.7. The third kappa shape index (κ3) is 6.44. The molecule has 0 aliphatic heterocycles. The van der Waals surface area contributed by atoms with E-state index in [-0.39, 0.29) is 17.1 Å². The van der Waals surface area contributed by atoms with Crippen LogP contribution in [-0.4, -0.2) is 22.0 Å². The number of benzene rings is 4. The molecule has 5 rings (SSSR count). The van der Waals surface area contributed by atoms with E-state index in [1.54, 1.807) is 0 Å². The van der Waals surface area contributed by atoms with Crippen LogP contribution < -0.4 is 10.6 Å². The van der Waals surface area contributed by atoms with Gasteiger partial charge in [0.2, 0.25) is 11.8 Å². The molecule has 0 radical (unpaired) electrons. The van der Waals surface area contributed by atoms with Gasteiger partial charge in [-0.05, 0) is 53.6 Å². The largest absolute Gasteiger partial charge is 0.326 e. The summed E-state index contributed by atoms with van der Waals surface area (Å²) in [5.74, 6) is -0.171. The number of carbonyl (C=O) groups is 2. The van der Waals surface area contributed by atoms with Crippen molar-refractivity contribution in [2.75, 3.05) is 10.6 Å². The molecule has 5 aromatic rings. The maximum Gasteiger partial charge on any atom is 0.239 e. The van der Waals surface area contributed by atoms with Crippen LogP contribution in [0.25, 0.3) is 22.0 Å². The van der Waals surface area contributed by atoms with Gasteiger partial charge in [0.15, 0.2) is 5.13 Å². The molecule has 0 bridgehead atoms. The van der Waals surface area contributed by atoms with E-state index in [2.05, 4.69) is 45.9 Å². The number of hydrogen-bond donors (Lipinski definition) is 2. The summed E-state index contributed by atoms with van der Waals surface area (Å²) in [6.45, 7) is 1.87. The molecule has 2 amide bonds. The number of hydrogen-bond acceptors (Lipinski definition) is 5. The lowest BCUT2D eigenvalue weighted by Crippen LogP contribution is -2.22. The first-order chi connectivity index (χ1) is 18.0. The van der Waals surface area contributed by atoms with Gasteiger partial charge in [0, 0.05) is 21.5 Å². The molecule has 0 spiro atoms. The van der Waals surface area contributed by atoms with Crippen molar-refractivity contribution in [1.82, 2.24) is 4.98 Å². The lowest BCUT2D eigenvalue weighted by Gasteiger charge is -2.11. The summed E-state index contributed by atoms with van der Waals surface area (Å²) in [6, 6.07) is 31.6. The van der Waals surface area contributed by atoms with E-state index < -0.39 is 0 Å². The van der Waals surface area contributed by atoms with Crippen LogP contribution in [0.4, 0.5) is 10.8 Å². The van der Waals surface area contributed by atoms with Crippen LogP contribution in [0.3, 0.4) is 0 Å². The number of rotatable bonds is 8. The molecule has 1 unspecified atom stereocenters. The first-order valence-corrected chi connectivity index (χ1v) is 13.7. The average molecular weight is 524 g/mol. The molecule has 0 saturated carbocycles. The van der Waals surface area contributed by atoms with Crippen molar-refractivity contribution in [3.05, 3.63) is 108 Å². The molecule has 5 nitrogen and oxygen atoms in total. The van der Waals surface area contributed by atoms with Crippen LogP contribution in [-0.2, 0) is 16.0 Å². The van der Waals surface area contributed by atoms with Gasteiger partial charge in [-0.2, -0.15) is 0 Å². The number of nitrogens with zero attached hydrogens (tertiary/aromatic N) is 1. The van der Waals surface area contributed by atoms with Gasteiger partial charge in [-0.1, -0.05) is 66.7 Å². The number of amides is 2. The third-order valence-corrected chi connectivity index (χ3v) is 7.68. The summed E-state index contributed by atoms with van der Waals surface area (Å²) in [7, 11) is 0. The highest BCUT2D eigenvalue weighted by atomic mass is 32.2. The number of thiazole rings is 1. The quantitative estimate of drug-likeness (QED) is 0.210. The number of anilines is 2. The minimum absolute atomic E-state index is 0.0640. The first-order valence-electron chi connectivity index (χ1n) is 11.9. The molecule has 1 heterocycles. The Morgan fingerprint density at radius 2 is 1.59 bits per heavy atom. The summed E-state index contributed by atoms with van der Waals surface area (Å²) in [5, 5.41) is 10.4. The SMILES string of the molecule is CC(Sc1ccc(NC(=O)Cc2ccccc2)cc1)C(=O)Nc1nc(-c2ccc3ccccc3c2)cs1. The van der Waals surface area contributed by atoms with Crippen molar-refractivity contribution in [3.8, 4) is 11.3 Å². The van der Waals surface area contributed by atoms with Crippen molar-refractivity contribution in [2.45, 2.75) is 23.5 Å². The molecule has 184 valence electrons. The molecule has 0 saturated heterocycles. The standard InChI is InChI=1S/C30H25N3O2S2/c1-20(37-26-15-13-25(14-16-26)31-28(34)17-21-7-3-2-4-8-21)29(35)33-30-32-27(19-36-30)24-12-11-22-9-5-6-10-23(22)18-24/h2-16,18-20H,17H2,1H3,(H,31,34)(H,32,33,35). The molecule has 0 aliphatic rings. The van der Waals surface area contributed by atoms with Crippen LogP contribution in [0.2, 0.25) is 0 Å². The van der Waals surface area contributed by atoms with Gasteiger partial charge in [-0.25, -0.2) is 4.98 Å². The minimum atomic E-state index is -0.313. The zero-order valence-corrected chi connectivity index (χ0v) is 21.8. The zero-order chi connectivity index (χ0) is 25.6. The Labute approximate surface area is 224 Å². The molecule has 37 heavy (non-hydrogen) atoms. The molecule has 4 aromatic carbocycles. The topological polar surface area (TPSA) is 71.1 Å². The average Bonchev–Trinajstić information content (AvgIpc) is 3.38. The summed E-state index contributed by atoms with van der Waals surface area (Å²) in [5.41, 5.74) is 3.56. The van der Waals surface area contributed by atoms with E-state index in [9.17, 15) is 9.59 Å². The number of fused-ring (bicyclic) bond motifs is 1. The second kappa shape index (κ2) is 11.4. The van der Waals surface area contributed by atoms with E-state index in [1.165, 1.54) is 28.5 Å². The lowest BCUT2D eigenvalue weighted by molar-refractivity contribution is -0.116. The van der Waals surface area contributed by atoms with Gasteiger partial charge >= 0.3 is 0 Å². The van der Waals surface area contributed by atoms with Gasteiger partial charge in [0.05, 0.1) is 17.4 Å². The van der Waals surface area contributed by atoms with Crippen molar-refractivity contribution in [2.24, 2.45) is 0 Å². The minimum Gasteiger partial charge on any atom is -0.326 e. The van der Waals surface area contributed by atoms with Gasteiger partial charge in [0.25, 0.3) is 0 Å². The normalized spacial score (nSPS) is 11.7. The van der Waals surface area contributed by atoms with Crippen LogP contribution in [0.15, 0.2) is 107 Å². The summed E-state index contributed by atoms with van der Waals surface area (Å²) >= 11 is 2.88. The number of carbonyl (C=O) groups excluding carboxylic acids is 2. The Kier molecular flexibility index (Phi) is 7.63. The fraction of sp³-hybridized carbons (Fsp3) is 0.100. The molecule has 7 heteroatoms. The van der Waals surface area contributed by atoms with Crippen LogP contribution in [0, 0.1) is 0 Å². The Balaban J connectivity index is 1.15. The van der Waals surface area contributed by atoms with Gasteiger partial charge in [0.1, 0.15) is 0 Å². The Hall–Kier alpha value is -3.94. The molecule has 1 atom stereocenters. The van der Waals surface area contributed by atoms with E-state index in [0.29, 0.717) is 11.6 Å². The second-order valence-corrected chi connectivity index (χ2v) is 10.9. The van der Waals surface area contributed by atoms with E-state index in [1.807, 2.05) is 79.0 Å². The number of nitrogens with one attached hydrogen (secondary N) is 2. The van der Waals surface area contributed by atoms with Crippen LogP contribution in [0.1, 0.15) is 12.5 Å². The van der Waals surface area contributed by atoms with Crippen molar-refractivity contribution >= 4 is 56.5 Å².